The molecular formula is C13H27N3O2. The van der Waals surface area contributed by atoms with E-state index in [0.717, 1.165) is 12.8 Å². The predicted molar refractivity (Wildman–Crippen MR) is 73.3 cm³/mol. The molecule has 1 unspecified atom stereocenters. The van der Waals surface area contributed by atoms with Crippen molar-refractivity contribution in [1.29, 1.82) is 0 Å². The first-order valence-corrected chi connectivity index (χ1v) is 6.73. The molecule has 18 heavy (non-hydrogen) atoms. The summed E-state index contributed by atoms with van der Waals surface area (Å²) in [4.78, 5) is 25.0. The van der Waals surface area contributed by atoms with Gasteiger partial charge in [0.1, 0.15) is 0 Å². The van der Waals surface area contributed by atoms with E-state index in [2.05, 4.69) is 10.6 Å². The molecule has 2 N–H and O–H groups in total. The summed E-state index contributed by atoms with van der Waals surface area (Å²) in [5, 5.41) is 5.90. The molecule has 0 saturated heterocycles. The molecule has 0 spiro atoms. The molecule has 1 atom stereocenters. The average Bonchev–Trinajstić information content (AvgIpc) is 2.40. The van der Waals surface area contributed by atoms with Crippen molar-refractivity contribution in [2.75, 3.05) is 20.1 Å². The number of hydrogen-bond acceptors (Lipinski definition) is 3. The van der Waals surface area contributed by atoms with Crippen LogP contribution in [0.1, 0.15) is 40.5 Å². The van der Waals surface area contributed by atoms with Crippen LogP contribution in [0.2, 0.25) is 0 Å². The molecular weight excluding hydrogens is 230 g/mol. The van der Waals surface area contributed by atoms with Gasteiger partial charge >= 0.3 is 0 Å². The first kappa shape index (κ1) is 16.9. The summed E-state index contributed by atoms with van der Waals surface area (Å²) < 4.78 is 0. The molecule has 5 nitrogen and oxygen atoms in total. The summed E-state index contributed by atoms with van der Waals surface area (Å²) in [7, 11) is 1.75. The van der Waals surface area contributed by atoms with Crippen LogP contribution < -0.4 is 10.6 Å². The highest BCUT2D eigenvalue weighted by molar-refractivity contribution is 5.83. The Balaban J connectivity index is 4.05. The van der Waals surface area contributed by atoms with Crippen molar-refractivity contribution in [3.05, 3.63) is 0 Å². The summed E-state index contributed by atoms with van der Waals surface area (Å²) >= 11 is 0. The highest BCUT2D eigenvalue weighted by Crippen LogP contribution is 1.97. The molecule has 5 heteroatoms. The van der Waals surface area contributed by atoms with Gasteiger partial charge in [0.2, 0.25) is 11.8 Å². The third kappa shape index (κ3) is 6.00. The number of rotatable bonds is 8. The van der Waals surface area contributed by atoms with E-state index in [1.807, 2.05) is 20.8 Å². The van der Waals surface area contributed by atoms with E-state index in [1.165, 1.54) is 0 Å². The van der Waals surface area contributed by atoms with Crippen LogP contribution in [0.3, 0.4) is 0 Å². The Bertz CT molecular complexity index is 265. The lowest BCUT2D eigenvalue weighted by Gasteiger charge is -2.20. The fourth-order valence-corrected chi connectivity index (χ4v) is 1.46. The molecule has 0 aliphatic heterocycles. The van der Waals surface area contributed by atoms with Gasteiger partial charge < -0.3 is 10.2 Å². The normalized spacial score (nSPS) is 12.3. The molecule has 0 saturated carbocycles. The highest BCUT2D eigenvalue weighted by Gasteiger charge is 2.16. The van der Waals surface area contributed by atoms with Crippen molar-refractivity contribution < 1.29 is 9.59 Å². The van der Waals surface area contributed by atoms with Crippen molar-refractivity contribution in [3.63, 3.8) is 0 Å². The molecule has 0 aromatic heterocycles. The maximum absolute atomic E-state index is 11.8. The number of carbonyl (C=O) groups excluding carboxylic acids is 2. The summed E-state index contributed by atoms with van der Waals surface area (Å²) in [6, 6.07) is -0.129. The second-order valence-corrected chi connectivity index (χ2v) is 4.53. The number of nitrogens with one attached hydrogen (secondary N) is 2. The van der Waals surface area contributed by atoms with Gasteiger partial charge in [0.25, 0.3) is 0 Å². The number of nitrogens with zero attached hydrogens (tertiary/aromatic N) is 1. The zero-order valence-corrected chi connectivity index (χ0v) is 12.2. The van der Waals surface area contributed by atoms with Crippen LogP contribution in [0, 0.1) is 0 Å². The Hall–Kier alpha value is -1.10. The zero-order chi connectivity index (χ0) is 14.1. The third-order valence-corrected chi connectivity index (χ3v) is 3.18. The Morgan fingerprint density at radius 3 is 2.17 bits per heavy atom. The van der Waals surface area contributed by atoms with E-state index in [9.17, 15) is 9.59 Å². The van der Waals surface area contributed by atoms with Gasteiger partial charge in [0.15, 0.2) is 0 Å². The van der Waals surface area contributed by atoms with Crippen LogP contribution in [-0.4, -0.2) is 48.9 Å². The van der Waals surface area contributed by atoms with Crippen molar-refractivity contribution >= 4 is 11.8 Å². The Labute approximate surface area is 110 Å². The maximum atomic E-state index is 11.8. The van der Waals surface area contributed by atoms with Gasteiger partial charge in [-0.3, -0.25) is 14.9 Å². The number of carbonyl (C=O) groups is 2. The van der Waals surface area contributed by atoms with Crippen LogP contribution in [0.25, 0.3) is 0 Å². The highest BCUT2D eigenvalue weighted by atomic mass is 16.2. The standard InChI is InChI=1S/C13H27N3O2/c1-6-11(7-2)15-13(18)10(4)14-9-12(17)16(5)8-3/h10-11,14H,6-9H2,1-5H3,(H,15,18). The lowest BCUT2D eigenvalue weighted by atomic mass is 10.1. The van der Waals surface area contributed by atoms with Crippen LogP contribution in [0.15, 0.2) is 0 Å². The minimum Gasteiger partial charge on any atom is -0.352 e. The topological polar surface area (TPSA) is 61.4 Å². The van der Waals surface area contributed by atoms with E-state index >= 15 is 0 Å². The van der Waals surface area contributed by atoms with Crippen LogP contribution in [0.5, 0.6) is 0 Å². The number of amides is 2. The number of hydrogen-bond donors (Lipinski definition) is 2. The monoisotopic (exact) mass is 257 g/mol. The van der Waals surface area contributed by atoms with Gasteiger partial charge in [-0.1, -0.05) is 13.8 Å². The fourth-order valence-electron chi connectivity index (χ4n) is 1.46. The van der Waals surface area contributed by atoms with Gasteiger partial charge in [-0.25, -0.2) is 0 Å². The van der Waals surface area contributed by atoms with E-state index < -0.39 is 0 Å². The molecule has 0 rings (SSSR count). The first-order chi connectivity index (χ1) is 8.46. The largest absolute Gasteiger partial charge is 0.352 e. The van der Waals surface area contributed by atoms with E-state index in [1.54, 1.807) is 18.9 Å². The Morgan fingerprint density at radius 2 is 1.72 bits per heavy atom. The van der Waals surface area contributed by atoms with Crippen LogP contribution in [0.4, 0.5) is 0 Å². The summed E-state index contributed by atoms with van der Waals surface area (Å²) in [5.41, 5.74) is 0. The summed E-state index contributed by atoms with van der Waals surface area (Å²) in [6.45, 7) is 8.66. The van der Waals surface area contributed by atoms with Crippen molar-refractivity contribution in [2.24, 2.45) is 0 Å². The summed E-state index contributed by atoms with van der Waals surface area (Å²) in [6.07, 6.45) is 1.85. The van der Waals surface area contributed by atoms with Gasteiger partial charge in [0, 0.05) is 19.6 Å². The van der Waals surface area contributed by atoms with Gasteiger partial charge in [-0.2, -0.15) is 0 Å². The van der Waals surface area contributed by atoms with Crippen molar-refractivity contribution in [1.82, 2.24) is 15.5 Å². The molecule has 0 aliphatic rings. The molecule has 0 bridgehead atoms. The van der Waals surface area contributed by atoms with E-state index in [4.69, 9.17) is 0 Å². The van der Waals surface area contributed by atoms with E-state index in [0.29, 0.717) is 6.54 Å². The Kier molecular flexibility index (Phi) is 8.37. The fraction of sp³-hybridized carbons (Fsp3) is 0.846. The minimum absolute atomic E-state index is 0.000293. The maximum Gasteiger partial charge on any atom is 0.237 e. The first-order valence-electron chi connectivity index (χ1n) is 6.73. The van der Waals surface area contributed by atoms with Crippen molar-refractivity contribution in [3.8, 4) is 0 Å². The van der Waals surface area contributed by atoms with Gasteiger partial charge in [0.05, 0.1) is 12.6 Å². The van der Waals surface area contributed by atoms with Crippen LogP contribution >= 0.6 is 0 Å². The molecule has 2 amide bonds. The quantitative estimate of drug-likeness (QED) is 0.674. The van der Waals surface area contributed by atoms with Crippen LogP contribution in [-0.2, 0) is 9.59 Å². The third-order valence-electron chi connectivity index (χ3n) is 3.18. The minimum atomic E-state index is -0.347. The molecule has 106 valence electrons. The molecule has 0 fully saturated rings. The zero-order valence-electron chi connectivity index (χ0n) is 12.2. The Morgan fingerprint density at radius 1 is 1.17 bits per heavy atom. The molecule has 0 radical (unpaired) electrons. The number of likely N-dealkylation sites (N-methyl/N-ethyl adjacent to an activating group) is 1. The van der Waals surface area contributed by atoms with Gasteiger partial charge in [-0.15, -0.1) is 0 Å². The lowest BCUT2D eigenvalue weighted by molar-refractivity contribution is -0.129. The molecule has 0 heterocycles. The second-order valence-electron chi connectivity index (χ2n) is 4.53. The smallest absolute Gasteiger partial charge is 0.237 e. The summed E-state index contributed by atoms with van der Waals surface area (Å²) in [5.74, 6) is -0.0460. The second kappa shape index (κ2) is 8.91. The predicted octanol–water partition coefficient (Wildman–Crippen LogP) is 0.748. The lowest BCUT2D eigenvalue weighted by Crippen LogP contribution is -2.48. The average molecular weight is 257 g/mol. The van der Waals surface area contributed by atoms with E-state index in [-0.39, 0.29) is 30.4 Å². The molecule has 0 aromatic carbocycles. The SMILES string of the molecule is CCC(CC)NC(=O)C(C)NCC(=O)N(C)CC. The molecule has 0 aromatic rings. The van der Waals surface area contributed by atoms with Gasteiger partial charge in [-0.05, 0) is 26.7 Å². The molecule has 0 aliphatic carbocycles. The van der Waals surface area contributed by atoms with Crippen molar-refractivity contribution in [2.45, 2.75) is 52.6 Å².